The van der Waals surface area contributed by atoms with Crippen molar-refractivity contribution < 1.29 is 0 Å². The van der Waals surface area contributed by atoms with E-state index in [1.165, 1.54) is 33.0 Å². The third kappa shape index (κ3) is 12.6. The lowest BCUT2D eigenvalue weighted by Crippen LogP contribution is -2.07. The van der Waals surface area contributed by atoms with Gasteiger partial charge >= 0.3 is 0 Å². The molecular weight excluding hydrogens is 1690 g/mol. The lowest BCUT2D eigenvalue weighted by molar-refractivity contribution is 0.953. The monoisotopic (exact) mass is 1760 g/mol. The van der Waals surface area contributed by atoms with E-state index in [0.29, 0.717) is 17.6 Å². The van der Waals surface area contributed by atoms with Gasteiger partial charge in [0.15, 0.2) is 11.6 Å². The molecule has 19 aromatic carbocycles. The molecule has 29 rings (SSSR count). The Hall–Kier alpha value is -19.0. The predicted octanol–water partition coefficient (Wildman–Crippen LogP) is 30.0. The maximum Gasteiger partial charge on any atom is 0.238 e. The molecule has 0 aliphatic heterocycles. The number of hydrogen-bond donors (Lipinski definition) is 0. The Kier molecular flexibility index (Phi) is 18.6. The third-order valence-electron chi connectivity index (χ3n) is 27.0. The summed E-state index contributed by atoms with van der Waals surface area (Å²) in [6.07, 6.45) is 10.8. The maximum absolute atomic E-state index is 5.31. The second-order valence-electron chi connectivity index (χ2n) is 34.6. The van der Waals surface area contributed by atoms with E-state index >= 15 is 0 Å². The van der Waals surface area contributed by atoms with Crippen molar-refractivity contribution in [2.45, 2.75) is 0 Å². The first-order chi connectivity index (χ1) is 68.6. The highest BCUT2D eigenvalue weighted by molar-refractivity contribution is 6.38. The van der Waals surface area contributed by atoms with Crippen LogP contribution in [0.5, 0.6) is 0 Å². The number of aromatic nitrogens is 15. The minimum absolute atomic E-state index is 0.520. The number of fused-ring (bicyclic) bond motifs is 30. The van der Waals surface area contributed by atoms with Crippen LogP contribution in [-0.2, 0) is 0 Å². The number of benzene rings is 19. The van der Waals surface area contributed by atoms with Crippen LogP contribution in [0.15, 0.2) is 468 Å². The summed E-state index contributed by atoms with van der Waals surface area (Å²) < 4.78 is 14.2. The summed E-state index contributed by atoms with van der Waals surface area (Å²) in [5.41, 5.74) is 32.8. The minimum Gasteiger partial charge on any atom is -0.307 e. The first kappa shape index (κ1) is 78.8. The molecule has 644 valence electrons. The summed E-state index contributed by atoms with van der Waals surface area (Å²) >= 11 is 0. The summed E-state index contributed by atoms with van der Waals surface area (Å²) in [6.45, 7) is 0. The average molecular weight is 1770 g/mol. The van der Waals surface area contributed by atoms with E-state index in [2.05, 4.69) is 422 Å². The molecule has 29 aromatic rings. The Balaban J connectivity index is 0.000000106. The van der Waals surface area contributed by atoms with Gasteiger partial charge in [0, 0.05) is 141 Å². The van der Waals surface area contributed by atoms with Gasteiger partial charge in [0.05, 0.1) is 99.3 Å². The van der Waals surface area contributed by atoms with Gasteiger partial charge in [0.25, 0.3) is 0 Å². The molecule has 0 N–H and O–H groups in total. The molecule has 0 saturated heterocycles. The number of para-hydroxylation sites is 9. The Morgan fingerprint density at radius 1 is 0.145 bits per heavy atom. The molecule has 15 heteroatoms. The topological polar surface area (TPSA) is 146 Å². The zero-order chi connectivity index (χ0) is 90.8. The highest BCUT2D eigenvalue weighted by Crippen LogP contribution is 2.51. The molecule has 10 aromatic heterocycles. The van der Waals surface area contributed by atoms with Gasteiger partial charge in [-0.2, -0.15) is 9.97 Å². The van der Waals surface area contributed by atoms with Crippen molar-refractivity contribution in [1.82, 2.24) is 72.3 Å². The van der Waals surface area contributed by atoms with Crippen LogP contribution in [0, 0.1) is 0 Å². The molecule has 10 heterocycles. The Morgan fingerprint density at radius 3 is 0.659 bits per heavy atom. The molecule has 0 fully saturated rings. The van der Waals surface area contributed by atoms with Crippen molar-refractivity contribution in [1.29, 1.82) is 0 Å². The van der Waals surface area contributed by atoms with E-state index in [0.717, 1.165) is 204 Å². The van der Waals surface area contributed by atoms with Crippen LogP contribution >= 0.6 is 0 Å². The largest absolute Gasteiger partial charge is 0.307 e. The fourth-order valence-corrected chi connectivity index (χ4v) is 21.3. The zero-order valence-corrected chi connectivity index (χ0v) is 74.2. The van der Waals surface area contributed by atoms with Crippen molar-refractivity contribution in [2.75, 3.05) is 0 Å². The Morgan fingerprint density at radius 2 is 0.348 bits per heavy atom. The summed E-state index contributed by atoms with van der Waals surface area (Å²) in [5.74, 6) is 1.70. The number of nitrogens with zero attached hydrogens (tertiary/aromatic N) is 15. The molecule has 138 heavy (non-hydrogen) atoms. The fraction of sp³-hybridized carbons (Fsp3) is 0. The van der Waals surface area contributed by atoms with E-state index < -0.39 is 0 Å². The molecule has 0 unspecified atom stereocenters. The molecule has 0 radical (unpaired) electrons. The average Bonchev–Trinajstić information content (AvgIpc) is 1.53. The second kappa shape index (κ2) is 32.5. The quantitative estimate of drug-likeness (QED) is 0.123. The molecule has 0 atom stereocenters. The highest BCUT2D eigenvalue weighted by atomic mass is 15.2. The van der Waals surface area contributed by atoms with E-state index in [-0.39, 0.29) is 0 Å². The normalized spacial score (nSPS) is 11.8. The predicted molar refractivity (Wildman–Crippen MR) is 565 cm³/mol. The van der Waals surface area contributed by atoms with Crippen molar-refractivity contribution in [3.63, 3.8) is 0 Å². The van der Waals surface area contributed by atoms with E-state index in [9.17, 15) is 0 Å². The first-order valence-corrected chi connectivity index (χ1v) is 46.3. The molecule has 0 aliphatic carbocycles. The second-order valence-corrected chi connectivity index (χ2v) is 34.6. The summed E-state index contributed by atoms with van der Waals surface area (Å²) in [5, 5.41) is 13.3. The lowest BCUT2D eigenvalue weighted by Gasteiger charge is -2.14. The smallest absolute Gasteiger partial charge is 0.238 e. The van der Waals surface area contributed by atoms with E-state index in [1.54, 1.807) is 12.4 Å². The highest BCUT2D eigenvalue weighted by Gasteiger charge is 2.32. The molecule has 0 amide bonds. The summed E-state index contributed by atoms with van der Waals surface area (Å²) in [4.78, 5) is 45.6. The third-order valence-corrected chi connectivity index (χ3v) is 27.0. The Labute approximate surface area is 789 Å². The Bertz CT molecular complexity index is 9850. The molecule has 0 bridgehead atoms. The van der Waals surface area contributed by atoms with Crippen LogP contribution < -0.4 is 0 Å². The lowest BCUT2D eigenvalue weighted by atomic mass is 10.0. The molecule has 0 saturated carbocycles. The summed E-state index contributed by atoms with van der Waals surface area (Å²) in [7, 11) is 0. The SMILES string of the molecule is c1ccc(-c2ccc(-c3nc(-c4ccccc4)nc(-n4c5ccccc5c5c6nccnc6c6c7ccccc7n(-c7ccccc7)c6c54)n3)cc2)cc1.c1ccc(-c2ccc(-n3c4ccccc4c4c5nccnc5c5c6ccccc6n(-c6ccccc6)c5c43)cc2)cc1.c1ccc(-c2cccc(-n3c4ccccc4c4c5nccnc5c5c6ccccc6n(-c6ccccc6)c5c43)c2)cc1. The van der Waals surface area contributed by atoms with Gasteiger partial charge in [-0.3, -0.25) is 34.5 Å². The van der Waals surface area contributed by atoms with Gasteiger partial charge in [-0.05, 0) is 130 Å². The van der Waals surface area contributed by atoms with Gasteiger partial charge in [-0.1, -0.05) is 334 Å². The van der Waals surface area contributed by atoms with Crippen molar-refractivity contribution >= 4 is 164 Å². The van der Waals surface area contributed by atoms with Crippen LogP contribution in [0.2, 0.25) is 0 Å². The minimum atomic E-state index is 0.520. The van der Waals surface area contributed by atoms with Crippen LogP contribution in [0.3, 0.4) is 0 Å². The molecule has 0 spiro atoms. The van der Waals surface area contributed by atoms with Gasteiger partial charge in [-0.15, -0.1) is 0 Å². The number of hydrogen-bond acceptors (Lipinski definition) is 9. The molecular formula is C123H77N15. The standard InChI is InChI=1S/C47H29N7.2C38H24N4/c1-4-14-30(15-5-1)31-24-26-33(27-25-31)46-50-45(32-16-6-2-7-17-32)51-47(52-46)54-38-23-13-11-21-36(38)40-42-41(48-28-29-49-42)39-35-20-10-12-22-37(35)53(43(39)44(40)54)34-18-8-3-9-19-34;1-3-12-25(13-4-1)26-14-11-17-28(24-26)42-32-21-10-8-19-30(32)34-36-35(39-22-23-40-36)33-29-18-7-9-20-31(29)41(37(33)38(34)42)27-15-5-2-6-16-27;1-3-11-25(12-4-1)26-19-21-28(22-20-26)42-32-18-10-8-16-30(32)34-36-35(39-23-24-40-36)33-29-15-7-9-17-31(29)41(37(33)38(34)42)27-13-5-2-6-14-27/h1-29H;2*1-24H. The number of rotatable bonds is 11. The van der Waals surface area contributed by atoms with Gasteiger partial charge < -0.3 is 22.8 Å². The van der Waals surface area contributed by atoms with Gasteiger partial charge in [-0.25, -0.2) is 4.98 Å². The van der Waals surface area contributed by atoms with Crippen molar-refractivity contribution in [3.8, 4) is 90.5 Å². The maximum atomic E-state index is 5.31. The van der Waals surface area contributed by atoms with Crippen molar-refractivity contribution in [2.24, 2.45) is 0 Å². The zero-order valence-electron chi connectivity index (χ0n) is 74.2. The van der Waals surface area contributed by atoms with Crippen LogP contribution in [0.4, 0.5) is 0 Å². The fourth-order valence-electron chi connectivity index (χ4n) is 21.3. The molecule has 15 nitrogen and oxygen atoms in total. The van der Waals surface area contributed by atoms with Crippen molar-refractivity contribution in [3.05, 3.63) is 468 Å². The van der Waals surface area contributed by atoms with Crippen LogP contribution in [-0.4, -0.2) is 72.3 Å². The molecule has 0 aliphatic rings. The van der Waals surface area contributed by atoms with Crippen LogP contribution in [0.25, 0.3) is 254 Å². The van der Waals surface area contributed by atoms with E-state index in [1.807, 2.05) is 61.2 Å². The summed E-state index contributed by atoms with van der Waals surface area (Å²) in [6, 6.07) is 151. The van der Waals surface area contributed by atoms with Crippen LogP contribution in [0.1, 0.15) is 0 Å². The van der Waals surface area contributed by atoms with Gasteiger partial charge in [0.2, 0.25) is 5.95 Å². The first-order valence-electron chi connectivity index (χ1n) is 46.3. The van der Waals surface area contributed by atoms with Gasteiger partial charge in [0.1, 0.15) is 0 Å². The van der Waals surface area contributed by atoms with E-state index in [4.69, 9.17) is 44.9 Å².